The van der Waals surface area contributed by atoms with E-state index in [9.17, 15) is 10.0 Å². The Morgan fingerprint density at radius 3 is 3.11 bits per heavy atom. The molecule has 1 aromatic rings. The zero-order valence-electron chi connectivity index (χ0n) is 9.79. The van der Waals surface area contributed by atoms with Gasteiger partial charge in [0.2, 0.25) is 6.20 Å². The van der Waals surface area contributed by atoms with Crippen molar-refractivity contribution < 1.29 is 9.52 Å². The first kappa shape index (κ1) is 13.8. The Kier molecular flexibility index (Phi) is 5.00. The number of aromatic nitrogens is 2. The van der Waals surface area contributed by atoms with Crippen LogP contribution >= 0.6 is 12.2 Å². The van der Waals surface area contributed by atoms with Crippen molar-refractivity contribution in [1.82, 2.24) is 20.7 Å². The fourth-order valence-corrected chi connectivity index (χ4v) is 1.16. The highest BCUT2D eigenvalue weighted by Gasteiger charge is 2.13. The van der Waals surface area contributed by atoms with Crippen LogP contribution in [0.1, 0.15) is 10.5 Å². The molecule has 0 radical (unpaired) electrons. The highest BCUT2D eigenvalue weighted by atomic mass is 32.1. The topological polar surface area (TPSA) is 84.2 Å². The molecule has 0 saturated carbocycles. The van der Waals surface area contributed by atoms with Crippen LogP contribution in [0.4, 0.5) is 0 Å². The van der Waals surface area contributed by atoms with Gasteiger partial charge >= 0.3 is 0 Å². The van der Waals surface area contributed by atoms with Gasteiger partial charge in [-0.2, -0.15) is 4.73 Å². The van der Waals surface area contributed by atoms with E-state index >= 15 is 0 Å². The largest absolute Gasteiger partial charge is 0.619 e. The van der Waals surface area contributed by atoms with Gasteiger partial charge in [-0.3, -0.25) is 15.2 Å². The van der Waals surface area contributed by atoms with E-state index in [2.05, 4.69) is 22.3 Å². The molecule has 0 bridgehead atoms. The van der Waals surface area contributed by atoms with Crippen molar-refractivity contribution in [2.75, 3.05) is 13.6 Å². The third-order valence-corrected chi connectivity index (χ3v) is 2.30. The number of hydrogen-bond donors (Lipinski definition) is 2. The van der Waals surface area contributed by atoms with Crippen molar-refractivity contribution in [3.63, 3.8) is 0 Å². The van der Waals surface area contributed by atoms with Crippen LogP contribution in [-0.4, -0.2) is 34.6 Å². The molecule has 0 fully saturated rings. The molecule has 0 spiro atoms. The summed E-state index contributed by atoms with van der Waals surface area (Å²) in [5.74, 6) is -0.523. The number of nitrogens with one attached hydrogen (secondary N) is 2. The summed E-state index contributed by atoms with van der Waals surface area (Å²) in [5.41, 5.74) is 2.48. The van der Waals surface area contributed by atoms with Crippen molar-refractivity contribution in [2.24, 2.45) is 0 Å². The monoisotopic (exact) mass is 267 g/mol. The molecule has 8 heteroatoms. The standard InChI is InChI=1S/C10H13N5O2S/c1-3-4-12-10(18)14(2)13-9(16)8-7-15(17)6-5-11-8/h3,5-7H,1,4H2,2H3,(H,12,18)(H,13,16). The van der Waals surface area contributed by atoms with E-state index in [4.69, 9.17) is 12.2 Å². The van der Waals surface area contributed by atoms with Crippen molar-refractivity contribution in [1.29, 1.82) is 0 Å². The lowest BCUT2D eigenvalue weighted by Gasteiger charge is -2.20. The summed E-state index contributed by atoms with van der Waals surface area (Å²) in [5, 5.41) is 15.5. The van der Waals surface area contributed by atoms with Gasteiger partial charge in [0.05, 0.1) is 6.20 Å². The van der Waals surface area contributed by atoms with Crippen molar-refractivity contribution in [2.45, 2.75) is 0 Å². The van der Waals surface area contributed by atoms with Crippen LogP contribution in [0.3, 0.4) is 0 Å². The fourth-order valence-electron chi connectivity index (χ4n) is 1.03. The number of amides is 1. The van der Waals surface area contributed by atoms with E-state index in [1.54, 1.807) is 13.1 Å². The highest BCUT2D eigenvalue weighted by Crippen LogP contribution is 1.90. The van der Waals surface area contributed by atoms with E-state index in [-0.39, 0.29) is 5.69 Å². The van der Waals surface area contributed by atoms with Crippen LogP contribution in [-0.2, 0) is 0 Å². The molecule has 0 unspecified atom stereocenters. The average Bonchev–Trinajstić information content (AvgIpc) is 2.35. The summed E-state index contributed by atoms with van der Waals surface area (Å²) in [6.45, 7) is 4.02. The Labute approximate surface area is 110 Å². The molecule has 0 aromatic carbocycles. The lowest BCUT2D eigenvalue weighted by molar-refractivity contribution is -0.606. The summed E-state index contributed by atoms with van der Waals surface area (Å²) in [6.07, 6.45) is 5.15. The number of carbonyl (C=O) groups excluding carboxylic acids is 1. The number of carbonyl (C=O) groups is 1. The smallest absolute Gasteiger partial charge is 0.294 e. The van der Waals surface area contributed by atoms with E-state index in [1.165, 1.54) is 17.4 Å². The minimum atomic E-state index is -0.523. The SMILES string of the molecule is C=CCNC(=S)N(C)NC(=O)c1c[n+]([O-])ccn1. The molecule has 0 aliphatic carbocycles. The Balaban J connectivity index is 2.59. The molecule has 0 atom stereocenters. The lowest BCUT2D eigenvalue weighted by atomic mass is 10.4. The predicted octanol–water partition coefficient (Wildman–Crippen LogP) is -0.648. The Hall–Kier alpha value is -2.22. The van der Waals surface area contributed by atoms with Crippen molar-refractivity contribution >= 4 is 23.2 Å². The van der Waals surface area contributed by atoms with Crippen LogP contribution in [0.2, 0.25) is 0 Å². The first-order chi connectivity index (χ1) is 8.54. The van der Waals surface area contributed by atoms with Crippen LogP contribution in [0, 0.1) is 5.21 Å². The summed E-state index contributed by atoms with van der Waals surface area (Å²) in [6, 6.07) is 0. The molecule has 1 amide bonds. The zero-order chi connectivity index (χ0) is 13.5. The Bertz CT molecular complexity index is 465. The number of hydrogen-bond acceptors (Lipinski definition) is 4. The van der Waals surface area contributed by atoms with Crippen LogP contribution in [0.5, 0.6) is 0 Å². The van der Waals surface area contributed by atoms with Gasteiger partial charge in [0.25, 0.3) is 5.91 Å². The summed E-state index contributed by atoms with van der Waals surface area (Å²) >= 11 is 5.00. The quantitative estimate of drug-likeness (QED) is 0.249. The fraction of sp³-hybridized carbons (Fsp3) is 0.200. The Morgan fingerprint density at radius 1 is 1.78 bits per heavy atom. The molecule has 0 aliphatic rings. The minimum Gasteiger partial charge on any atom is -0.619 e. The normalized spacial score (nSPS) is 9.39. The summed E-state index contributed by atoms with van der Waals surface area (Å²) < 4.78 is 0.496. The molecule has 1 rings (SSSR count). The van der Waals surface area contributed by atoms with E-state index in [0.29, 0.717) is 16.4 Å². The molecule has 1 heterocycles. The number of thiocarbonyl (C=S) groups is 1. The number of rotatable bonds is 3. The van der Waals surface area contributed by atoms with Crippen LogP contribution in [0.15, 0.2) is 31.2 Å². The zero-order valence-corrected chi connectivity index (χ0v) is 10.6. The van der Waals surface area contributed by atoms with Crippen LogP contribution in [0.25, 0.3) is 0 Å². The maximum absolute atomic E-state index is 11.7. The van der Waals surface area contributed by atoms with Gasteiger partial charge in [-0.25, -0.2) is 4.98 Å². The lowest BCUT2D eigenvalue weighted by Crippen LogP contribution is -2.48. The molecular weight excluding hydrogens is 254 g/mol. The van der Waals surface area contributed by atoms with Gasteiger partial charge < -0.3 is 10.5 Å². The predicted molar refractivity (Wildman–Crippen MR) is 69.2 cm³/mol. The third kappa shape index (κ3) is 3.98. The van der Waals surface area contributed by atoms with Gasteiger partial charge in [-0.05, 0) is 12.2 Å². The number of nitrogens with zero attached hydrogens (tertiary/aromatic N) is 3. The van der Waals surface area contributed by atoms with Crippen molar-refractivity contribution in [3.8, 4) is 0 Å². The van der Waals surface area contributed by atoms with Gasteiger partial charge in [0.1, 0.15) is 0 Å². The van der Waals surface area contributed by atoms with Gasteiger partial charge in [0, 0.05) is 13.6 Å². The van der Waals surface area contributed by atoms with Gasteiger partial charge in [-0.1, -0.05) is 6.08 Å². The summed E-state index contributed by atoms with van der Waals surface area (Å²) in [7, 11) is 1.57. The van der Waals surface area contributed by atoms with E-state index < -0.39 is 5.91 Å². The second-order valence-corrected chi connectivity index (χ2v) is 3.66. The molecule has 18 heavy (non-hydrogen) atoms. The average molecular weight is 267 g/mol. The van der Waals surface area contributed by atoms with E-state index in [0.717, 1.165) is 6.20 Å². The maximum Gasteiger partial charge on any atom is 0.294 e. The second-order valence-electron chi connectivity index (χ2n) is 3.28. The third-order valence-electron chi connectivity index (χ3n) is 1.88. The highest BCUT2D eigenvalue weighted by molar-refractivity contribution is 7.80. The molecule has 7 nitrogen and oxygen atoms in total. The Morgan fingerprint density at radius 2 is 2.50 bits per heavy atom. The van der Waals surface area contributed by atoms with Gasteiger partial charge in [0.15, 0.2) is 17.0 Å². The first-order valence-electron chi connectivity index (χ1n) is 5.03. The maximum atomic E-state index is 11.7. The van der Waals surface area contributed by atoms with Crippen molar-refractivity contribution in [3.05, 3.63) is 42.1 Å². The molecule has 0 aliphatic heterocycles. The molecule has 1 aromatic heterocycles. The second kappa shape index (κ2) is 6.50. The number of hydrazine groups is 1. The van der Waals surface area contributed by atoms with Crippen LogP contribution < -0.4 is 15.5 Å². The van der Waals surface area contributed by atoms with E-state index in [1.807, 2.05) is 0 Å². The molecule has 2 N–H and O–H groups in total. The summed E-state index contributed by atoms with van der Waals surface area (Å²) in [4.78, 5) is 15.5. The molecule has 0 saturated heterocycles. The molecule has 96 valence electrons. The first-order valence-corrected chi connectivity index (χ1v) is 5.43. The molecular formula is C10H13N5O2S. The minimum absolute atomic E-state index is 0.00544. The van der Waals surface area contributed by atoms with Gasteiger partial charge in [-0.15, -0.1) is 6.58 Å².